The van der Waals surface area contributed by atoms with E-state index in [-0.39, 0.29) is 48.7 Å². The molecule has 0 aromatic heterocycles. The molecule has 0 aliphatic heterocycles. The Hall–Kier alpha value is -3.76. The molecule has 4 N–H and O–H groups in total. The van der Waals surface area contributed by atoms with Gasteiger partial charge in [-0.15, -0.1) is 0 Å². The number of rotatable bonds is 7. The number of aliphatic hydroxyl groups is 2. The highest BCUT2D eigenvalue weighted by atomic mass is 16.5. The molecule has 10 nitrogen and oxygen atoms in total. The van der Waals surface area contributed by atoms with E-state index in [1.165, 1.54) is 24.3 Å². The van der Waals surface area contributed by atoms with Gasteiger partial charge in [0.15, 0.2) is 0 Å². The Morgan fingerprint density at radius 1 is 0.625 bits per heavy atom. The predicted octanol–water partition coefficient (Wildman–Crippen LogP) is 2.09. The molecule has 0 radical (unpaired) electrons. The Morgan fingerprint density at radius 2 is 0.906 bits per heavy atom. The third-order valence-corrected chi connectivity index (χ3v) is 3.41. The number of ether oxygens (including phenoxy) is 2. The minimum Gasteiger partial charge on any atom is -0.478 e. The summed E-state index contributed by atoms with van der Waals surface area (Å²) in [6, 6.07) is 11.9. The number of esters is 2. The highest BCUT2D eigenvalue weighted by Gasteiger charge is 2.16. The van der Waals surface area contributed by atoms with Gasteiger partial charge in [-0.05, 0) is 38.1 Å². The van der Waals surface area contributed by atoms with Crippen LogP contribution in [-0.2, 0) is 9.47 Å². The normalized spacial score (nSPS) is 9.25. The summed E-state index contributed by atoms with van der Waals surface area (Å²) in [4.78, 5) is 44.0. The molecular weight excluding hydrogens is 424 g/mol. The molecule has 2 aromatic carbocycles. The summed E-state index contributed by atoms with van der Waals surface area (Å²) in [5.74, 6) is -3.47. The van der Waals surface area contributed by atoms with E-state index >= 15 is 0 Å². The van der Waals surface area contributed by atoms with Gasteiger partial charge in [0.05, 0.1) is 48.7 Å². The summed E-state index contributed by atoms with van der Waals surface area (Å²) in [6.45, 7) is 3.54. The smallest absolute Gasteiger partial charge is 0.338 e. The van der Waals surface area contributed by atoms with Crippen LogP contribution in [0.15, 0.2) is 48.5 Å². The van der Waals surface area contributed by atoms with Crippen molar-refractivity contribution in [1.82, 2.24) is 0 Å². The minimum absolute atomic E-state index is 0.0362. The van der Waals surface area contributed by atoms with Gasteiger partial charge in [0, 0.05) is 0 Å². The number of carboxylic acid groups (broad SMARTS) is 2. The standard InChI is InChI=1S/2C10H10O4.C2H6O2/c2*1-2-14-10(13)8-6-4-3-5-7(8)9(11)12;3-1-2-4/h2*3-6H,2H2,1H3,(H,11,12);3-4H,1-2H2. The number of carboxylic acids is 2. The van der Waals surface area contributed by atoms with Crippen LogP contribution in [0, 0.1) is 0 Å². The molecule has 0 amide bonds. The van der Waals surface area contributed by atoms with E-state index in [0.29, 0.717) is 0 Å². The Kier molecular flexibility index (Phi) is 14.1. The van der Waals surface area contributed by atoms with Gasteiger partial charge in [-0.25, -0.2) is 19.2 Å². The molecule has 2 rings (SSSR count). The topological polar surface area (TPSA) is 168 Å². The molecule has 0 heterocycles. The minimum atomic E-state index is -1.13. The van der Waals surface area contributed by atoms with Crippen molar-refractivity contribution >= 4 is 23.9 Å². The molecule has 2 aromatic rings. The summed E-state index contributed by atoms with van der Waals surface area (Å²) < 4.78 is 9.43. The van der Waals surface area contributed by atoms with Crippen molar-refractivity contribution < 1.29 is 49.1 Å². The highest BCUT2D eigenvalue weighted by molar-refractivity contribution is 6.03. The van der Waals surface area contributed by atoms with E-state index < -0.39 is 23.9 Å². The predicted molar refractivity (Wildman–Crippen MR) is 113 cm³/mol. The van der Waals surface area contributed by atoms with E-state index in [0.717, 1.165) is 0 Å². The number of carbonyl (C=O) groups excluding carboxylic acids is 2. The molecular formula is C22H26O10. The summed E-state index contributed by atoms with van der Waals surface area (Å²) in [5.41, 5.74) is 0.0978. The largest absolute Gasteiger partial charge is 0.478 e. The van der Waals surface area contributed by atoms with E-state index in [1.807, 2.05) is 0 Å². The fraction of sp³-hybridized carbons (Fsp3) is 0.273. The number of hydrogen-bond acceptors (Lipinski definition) is 8. The number of hydrogen-bond donors (Lipinski definition) is 4. The average molecular weight is 450 g/mol. The number of aromatic carboxylic acids is 2. The molecule has 0 atom stereocenters. The molecule has 0 saturated carbocycles. The number of aliphatic hydroxyl groups excluding tert-OH is 2. The van der Waals surface area contributed by atoms with E-state index in [9.17, 15) is 19.2 Å². The fourth-order valence-electron chi connectivity index (χ4n) is 2.11. The summed E-state index contributed by atoms with van der Waals surface area (Å²) in [5, 5.41) is 32.8. The van der Waals surface area contributed by atoms with Crippen molar-refractivity contribution in [1.29, 1.82) is 0 Å². The molecule has 10 heteroatoms. The lowest BCUT2D eigenvalue weighted by Crippen LogP contribution is -2.11. The molecule has 0 aliphatic carbocycles. The van der Waals surface area contributed by atoms with E-state index in [2.05, 4.69) is 0 Å². The Morgan fingerprint density at radius 3 is 1.12 bits per heavy atom. The lowest BCUT2D eigenvalue weighted by Gasteiger charge is -2.04. The first kappa shape index (κ1) is 28.2. The van der Waals surface area contributed by atoms with Gasteiger partial charge in [0.2, 0.25) is 0 Å². The first-order valence-corrected chi connectivity index (χ1v) is 9.45. The first-order valence-electron chi connectivity index (χ1n) is 9.45. The zero-order chi connectivity index (χ0) is 24.5. The third-order valence-electron chi connectivity index (χ3n) is 3.41. The maximum absolute atomic E-state index is 11.3. The number of benzene rings is 2. The van der Waals surface area contributed by atoms with Crippen LogP contribution in [0.1, 0.15) is 55.3 Å². The third kappa shape index (κ3) is 9.83. The quantitative estimate of drug-likeness (QED) is 0.458. The maximum atomic E-state index is 11.3. The number of carbonyl (C=O) groups is 4. The van der Waals surface area contributed by atoms with Gasteiger partial charge in [0.1, 0.15) is 0 Å². The zero-order valence-electron chi connectivity index (χ0n) is 17.7. The van der Waals surface area contributed by atoms with E-state index in [1.54, 1.807) is 38.1 Å². The SMILES string of the molecule is CCOC(=O)c1ccccc1C(=O)O.CCOC(=O)c1ccccc1C(=O)O.OCCO. The van der Waals surface area contributed by atoms with Crippen LogP contribution in [0.25, 0.3) is 0 Å². The molecule has 0 saturated heterocycles. The van der Waals surface area contributed by atoms with Crippen molar-refractivity contribution in [2.45, 2.75) is 13.8 Å². The molecule has 174 valence electrons. The van der Waals surface area contributed by atoms with Gasteiger partial charge < -0.3 is 29.9 Å². The van der Waals surface area contributed by atoms with Crippen molar-refractivity contribution in [2.24, 2.45) is 0 Å². The van der Waals surface area contributed by atoms with E-state index in [4.69, 9.17) is 29.9 Å². The Labute approximate surface area is 184 Å². The monoisotopic (exact) mass is 450 g/mol. The maximum Gasteiger partial charge on any atom is 0.338 e. The van der Waals surface area contributed by atoms with Crippen molar-refractivity contribution in [3.63, 3.8) is 0 Å². The summed E-state index contributed by atoms with van der Waals surface area (Å²) in [6.07, 6.45) is 0. The van der Waals surface area contributed by atoms with Gasteiger partial charge in [-0.3, -0.25) is 0 Å². The molecule has 0 fully saturated rings. The van der Waals surface area contributed by atoms with Gasteiger partial charge >= 0.3 is 23.9 Å². The fourth-order valence-corrected chi connectivity index (χ4v) is 2.11. The molecule has 0 bridgehead atoms. The van der Waals surface area contributed by atoms with Crippen LogP contribution < -0.4 is 0 Å². The molecule has 32 heavy (non-hydrogen) atoms. The van der Waals surface area contributed by atoms with Crippen molar-refractivity contribution in [2.75, 3.05) is 26.4 Å². The van der Waals surface area contributed by atoms with Crippen LogP contribution >= 0.6 is 0 Å². The lowest BCUT2D eigenvalue weighted by molar-refractivity contribution is 0.0509. The second kappa shape index (κ2) is 16.0. The molecule has 0 spiro atoms. The van der Waals surface area contributed by atoms with Crippen LogP contribution in [0.5, 0.6) is 0 Å². The van der Waals surface area contributed by atoms with Gasteiger partial charge in [0.25, 0.3) is 0 Å². The average Bonchev–Trinajstić information content (AvgIpc) is 2.80. The molecule has 0 unspecified atom stereocenters. The summed E-state index contributed by atoms with van der Waals surface area (Å²) in [7, 11) is 0. The highest BCUT2D eigenvalue weighted by Crippen LogP contribution is 2.11. The van der Waals surface area contributed by atoms with Crippen LogP contribution in [-0.4, -0.2) is 70.7 Å². The van der Waals surface area contributed by atoms with Crippen LogP contribution in [0.4, 0.5) is 0 Å². The second-order valence-corrected chi connectivity index (χ2v) is 5.59. The summed E-state index contributed by atoms with van der Waals surface area (Å²) >= 11 is 0. The van der Waals surface area contributed by atoms with Crippen LogP contribution in [0.3, 0.4) is 0 Å². The Balaban J connectivity index is 0.000000515. The lowest BCUT2D eigenvalue weighted by atomic mass is 10.1. The second-order valence-electron chi connectivity index (χ2n) is 5.59. The first-order chi connectivity index (χ1) is 15.2. The zero-order valence-corrected chi connectivity index (χ0v) is 17.7. The van der Waals surface area contributed by atoms with Gasteiger partial charge in [-0.2, -0.15) is 0 Å². The molecule has 0 aliphatic rings. The Bertz CT molecular complexity index is 818. The van der Waals surface area contributed by atoms with Crippen molar-refractivity contribution in [3.8, 4) is 0 Å². The van der Waals surface area contributed by atoms with Crippen LogP contribution in [0.2, 0.25) is 0 Å². The van der Waals surface area contributed by atoms with Gasteiger partial charge in [-0.1, -0.05) is 24.3 Å². The van der Waals surface area contributed by atoms with Crippen molar-refractivity contribution in [3.05, 3.63) is 70.8 Å².